The lowest BCUT2D eigenvalue weighted by Crippen LogP contribution is -2.37. The van der Waals surface area contributed by atoms with Crippen molar-refractivity contribution in [2.75, 3.05) is 17.1 Å². The van der Waals surface area contributed by atoms with Gasteiger partial charge in [0.15, 0.2) is 6.10 Å². The van der Waals surface area contributed by atoms with E-state index in [0.717, 1.165) is 22.0 Å². The number of imide groups is 1. The van der Waals surface area contributed by atoms with Gasteiger partial charge in [0.2, 0.25) is 5.91 Å². The molecule has 6 heteroatoms. The lowest BCUT2D eigenvalue weighted by molar-refractivity contribution is -0.126. The number of hydroxylamine groups is 1. The predicted molar refractivity (Wildman–Crippen MR) is 129 cm³/mol. The highest BCUT2D eigenvalue weighted by Gasteiger charge is 2.60. The minimum atomic E-state index is -0.904. The number of hydrogen-bond acceptors (Lipinski definition) is 5. The molecule has 2 saturated heterocycles. The Balaban J connectivity index is 1.48. The van der Waals surface area contributed by atoms with Crippen LogP contribution in [0.25, 0.3) is 10.8 Å². The summed E-state index contributed by atoms with van der Waals surface area (Å²) in [5, 5.41) is 3.83. The van der Waals surface area contributed by atoms with E-state index in [1.54, 1.807) is 36.4 Å². The van der Waals surface area contributed by atoms with E-state index < -0.39 is 18.1 Å². The van der Waals surface area contributed by atoms with Crippen LogP contribution in [0.15, 0.2) is 97.1 Å². The van der Waals surface area contributed by atoms with Crippen molar-refractivity contribution in [1.82, 2.24) is 0 Å². The molecule has 2 amide bonds. The molecule has 0 saturated carbocycles. The molecule has 6 nitrogen and oxygen atoms in total. The highest BCUT2D eigenvalue weighted by Crippen LogP contribution is 2.48. The van der Waals surface area contributed by atoms with Gasteiger partial charge in [-0.2, -0.15) is 0 Å². The maximum atomic E-state index is 13.8. The van der Waals surface area contributed by atoms with Crippen LogP contribution in [0.1, 0.15) is 11.6 Å². The molecule has 0 unspecified atom stereocenters. The highest BCUT2D eigenvalue weighted by atomic mass is 16.7. The summed E-state index contributed by atoms with van der Waals surface area (Å²) in [4.78, 5) is 34.8. The lowest BCUT2D eigenvalue weighted by Gasteiger charge is -2.29. The first kappa shape index (κ1) is 20.4. The Hall–Kier alpha value is -4.16. The summed E-state index contributed by atoms with van der Waals surface area (Å²) in [5.41, 5.74) is 2.26. The summed E-state index contributed by atoms with van der Waals surface area (Å²) in [6.07, 6.45) is -0.904. The zero-order valence-electron chi connectivity index (χ0n) is 18.5. The van der Waals surface area contributed by atoms with Crippen molar-refractivity contribution in [2.24, 2.45) is 5.92 Å². The van der Waals surface area contributed by atoms with Crippen molar-refractivity contribution < 1.29 is 19.2 Å². The van der Waals surface area contributed by atoms with E-state index in [-0.39, 0.29) is 11.8 Å². The van der Waals surface area contributed by atoms with Gasteiger partial charge in [-0.25, -0.2) is 9.96 Å². The van der Waals surface area contributed by atoms with Crippen molar-refractivity contribution in [2.45, 2.75) is 12.1 Å². The second-order valence-electron chi connectivity index (χ2n) is 8.44. The molecule has 2 fully saturated rings. The second kappa shape index (κ2) is 8.01. The maximum absolute atomic E-state index is 13.8. The monoisotopic (exact) mass is 450 g/mol. The number of carbonyl (C=O) groups is 2. The average Bonchev–Trinajstić information content (AvgIpc) is 3.40. The molecule has 4 aromatic rings. The van der Waals surface area contributed by atoms with Crippen molar-refractivity contribution in [3.8, 4) is 5.75 Å². The number of para-hydroxylation sites is 1. The minimum Gasteiger partial charge on any atom is -0.497 e. The molecule has 0 bridgehead atoms. The Morgan fingerprint density at radius 2 is 1.44 bits per heavy atom. The standard InChI is InChI=1S/C28H22N2O4/c1-33-21-16-14-19(15-17-21)29-27(31)24-25(23-13-7-9-18-8-5-6-12-22(18)23)30(34-26(24)28(29)32)20-10-3-2-4-11-20/h2-17,24-26H,1H3/t24-,25+,26-/m0/s1. The molecular weight excluding hydrogens is 428 g/mol. The lowest BCUT2D eigenvalue weighted by atomic mass is 9.87. The Kier molecular flexibility index (Phi) is 4.81. The molecule has 0 aromatic heterocycles. The molecule has 6 rings (SSSR count). The number of nitrogens with zero attached hydrogens (tertiary/aromatic N) is 2. The number of anilines is 2. The van der Waals surface area contributed by atoms with Crippen molar-refractivity contribution in [3.63, 3.8) is 0 Å². The third-order valence-electron chi connectivity index (χ3n) is 6.60. The molecule has 0 N–H and O–H groups in total. The first-order valence-electron chi connectivity index (χ1n) is 11.2. The molecule has 3 atom stereocenters. The number of benzene rings is 4. The fourth-order valence-corrected chi connectivity index (χ4v) is 5.02. The molecular formula is C28H22N2O4. The van der Waals surface area contributed by atoms with E-state index >= 15 is 0 Å². The molecule has 4 aromatic carbocycles. The van der Waals surface area contributed by atoms with E-state index in [1.807, 2.05) is 72.8 Å². The van der Waals surface area contributed by atoms with E-state index in [1.165, 1.54) is 4.90 Å². The first-order valence-corrected chi connectivity index (χ1v) is 11.2. The molecule has 2 aliphatic rings. The molecule has 0 radical (unpaired) electrons. The molecule has 2 heterocycles. The van der Waals surface area contributed by atoms with E-state index in [9.17, 15) is 9.59 Å². The van der Waals surface area contributed by atoms with Gasteiger partial charge in [-0.05, 0) is 52.7 Å². The summed E-state index contributed by atoms with van der Waals surface area (Å²) in [7, 11) is 1.58. The molecule has 2 aliphatic heterocycles. The zero-order chi connectivity index (χ0) is 23.2. The number of rotatable bonds is 4. The quantitative estimate of drug-likeness (QED) is 0.414. The van der Waals surface area contributed by atoms with Crippen molar-refractivity contribution in [3.05, 3.63) is 103 Å². The number of carbonyl (C=O) groups excluding carboxylic acids is 2. The van der Waals surface area contributed by atoms with Gasteiger partial charge in [0.05, 0.1) is 24.5 Å². The highest BCUT2D eigenvalue weighted by molar-refractivity contribution is 6.24. The Bertz CT molecular complexity index is 1380. The predicted octanol–water partition coefficient (Wildman–Crippen LogP) is 4.90. The normalized spacial score (nSPS) is 21.9. The Morgan fingerprint density at radius 3 is 2.21 bits per heavy atom. The van der Waals surface area contributed by atoms with E-state index in [2.05, 4.69) is 0 Å². The number of fused-ring (bicyclic) bond motifs is 2. The SMILES string of the molecule is COc1ccc(N2C(=O)[C@@H]3[C@H](ON(c4ccccc4)[C@@H]3c3cccc4ccccc34)C2=O)cc1. The summed E-state index contributed by atoms with van der Waals surface area (Å²) in [6.45, 7) is 0. The van der Waals surface area contributed by atoms with Gasteiger partial charge in [-0.3, -0.25) is 14.4 Å². The van der Waals surface area contributed by atoms with Crippen LogP contribution in [0.5, 0.6) is 5.75 Å². The van der Waals surface area contributed by atoms with Gasteiger partial charge >= 0.3 is 0 Å². The minimum absolute atomic E-state index is 0.267. The van der Waals surface area contributed by atoms with Crippen LogP contribution in [0.4, 0.5) is 11.4 Å². The van der Waals surface area contributed by atoms with Crippen molar-refractivity contribution in [1.29, 1.82) is 0 Å². The van der Waals surface area contributed by atoms with Crippen LogP contribution in [-0.4, -0.2) is 25.0 Å². The number of methoxy groups -OCH3 is 1. The van der Waals surface area contributed by atoms with Crippen LogP contribution >= 0.6 is 0 Å². The fourth-order valence-electron chi connectivity index (χ4n) is 5.02. The summed E-state index contributed by atoms with van der Waals surface area (Å²) in [6, 6.07) is 30.2. The van der Waals surface area contributed by atoms with Crippen LogP contribution in [-0.2, 0) is 14.4 Å². The van der Waals surface area contributed by atoms with E-state index in [4.69, 9.17) is 9.57 Å². The summed E-state index contributed by atoms with van der Waals surface area (Å²) >= 11 is 0. The summed E-state index contributed by atoms with van der Waals surface area (Å²) in [5.74, 6) is -0.649. The van der Waals surface area contributed by atoms with E-state index in [0.29, 0.717) is 11.4 Å². The number of hydrogen-bond donors (Lipinski definition) is 0. The van der Waals surface area contributed by atoms with Gasteiger partial charge < -0.3 is 4.74 Å². The van der Waals surface area contributed by atoms with Crippen LogP contribution in [0.2, 0.25) is 0 Å². The van der Waals surface area contributed by atoms with Gasteiger partial charge in [0.1, 0.15) is 11.7 Å². The van der Waals surface area contributed by atoms with Gasteiger partial charge in [-0.15, -0.1) is 0 Å². The van der Waals surface area contributed by atoms with Crippen LogP contribution in [0, 0.1) is 5.92 Å². The van der Waals surface area contributed by atoms with Crippen LogP contribution < -0.4 is 14.7 Å². The maximum Gasteiger partial charge on any atom is 0.266 e. The number of amides is 2. The molecule has 0 spiro atoms. The average molecular weight is 450 g/mol. The number of ether oxygens (including phenoxy) is 1. The third kappa shape index (κ3) is 3.07. The molecule has 0 aliphatic carbocycles. The fraction of sp³-hybridized carbons (Fsp3) is 0.143. The Labute approximate surface area is 196 Å². The topological polar surface area (TPSA) is 59.1 Å². The first-order chi connectivity index (χ1) is 16.7. The van der Waals surface area contributed by atoms with Gasteiger partial charge in [0.25, 0.3) is 5.91 Å². The van der Waals surface area contributed by atoms with Crippen molar-refractivity contribution >= 4 is 34.0 Å². The van der Waals surface area contributed by atoms with Gasteiger partial charge in [0, 0.05) is 0 Å². The third-order valence-corrected chi connectivity index (χ3v) is 6.60. The summed E-state index contributed by atoms with van der Waals surface area (Å²) < 4.78 is 5.22. The molecule has 168 valence electrons. The van der Waals surface area contributed by atoms with Crippen LogP contribution in [0.3, 0.4) is 0 Å². The smallest absolute Gasteiger partial charge is 0.266 e. The van der Waals surface area contributed by atoms with Gasteiger partial charge in [-0.1, -0.05) is 60.7 Å². The molecule has 34 heavy (non-hydrogen) atoms. The largest absolute Gasteiger partial charge is 0.497 e. The second-order valence-corrected chi connectivity index (χ2v) is 8.44. The zero-order valence-corrected chi connectivity index (χ0v) is 18.5. The Morgan fingerprint density at radius 1 is 0.735 bits per heavy atom.